The van der Waals surface area contributed by atoms with Gasteiger partial charge in [0.2, 0.25) is 0 Å². The molecule has 0 bridgehead atoms. The predicted octanol–water partition coefficient (Wildman–Crippen LogP) is -7.22. The number of barbiturate groups is 2. The van der Waals surface area contributed by atoms with Crippen LogP contribution in [0.5, 0.6) is 0 Å². The minimum Gasteiger partial charge on any atom is -0.391 e. The molecular weight excluding hydrogens is 404 g/mol. The van der Waals surface area contributed by atoms with Gasteiger partial charge in [-0.3, -0.25) is 28.8 Å². The van der Waals surface area contributed by atoms with Gasteiger partial charge in [0.05, 0.1) is 21.8 Å². The van der Waals surface area contributed by atoms with E-state index in [0.29, 0.717) is 10.8 Å². The summed E-state index contributed by atoms with van der Waals surface area (Å²) in [6.45, 7) is 0. The number of hydrogen-bond donors (Lipinski definition) is 3. The summed E-state index contributed by atoms with van der Waals surface area (Å²) in [6.07, 6.45) is 0. The van der Waals surface area contributed by atoms with Crippen molar-refractivity contribution in [3.05, 3.63) is 45.6 Å². The second-order valence-corrected chi connectivity index (χ2v) is 5.52. The molecule has 1 aromatic heterocycles. The first-order valence-electron chi connectivity index (χ1n) is 7.45. The summed E-state index contributed by atoms with van der Waals surface area (Å²) in [4.78, 5) is 73.6. The Kier molecular flexibility index (Phi) is 6.83. The Morgan fingerprint density at radius 1 is 0.621 bits per heavy atom. The smallest absolute Gasteiger partial charge is 0.391 e. The third-order valence-electron chi connectivity index (χ3n) is 3.94. The van der Waals surface area contributed by atoms with Crippen LogP contribution in [0.25, 0.3) is 32.6 Å². The Hall–Kier alpha value is -2.28. The number of imide groups is 4. The van der Waals surface area contributed by atoms with E-state index >= 15 is 0 Å². The number of nitrogens with zero attached hydrogens (tertiary/aromatic N) is 2. The van der Waals surface area contributed by atoms with Gasteiger partial charge >= 0.3 is 59.1 Å². The van der Waals surface area contributed by atoms with Gasteiger partial charge in [0, 0.05) is 10.8 Å². The summed E-state index contributed by atoms with van der Waals surface area (Å²) in [7, 11) is 0. The molecule has 0 atom stereocenters. The minimum absolute atomic E-state index is 0. The minimum atomic E-state index is -1.08. The third kappa shape index (κ3) is 3.92. The van der Waals surface area contributed by atoms with Crippen LogP contribution in [0.3, 0.4) is 0 Å². The Bertz CT molecular complexity index is 1110. The number of nitrogens with one attached hydrogen (secondary N) is 3. The first-order chi connectivity index (χ1) is 12.9. The molecule has 13 heteroatoms. The standard InChI is InChI=1S/C16H9N5O6.2Na/c22-11-7(12(23)19-15(26)18-11)9-5-3-1-2-4-6(5)10(17-9)8-13(24)20-16(27)21-14(8)25;;/h1-4H,(H5,17,18,19,20,21,22,23,24,25,26,27);;/q;2*+1/p-2. The van der Waals surface area contributed by atoms with E-state index in [1.165, 1.54) is 0 Å². The van der Waals surface area contributed by atoms with Gasteiger partial charge in [-0.1, -0.05) is 24.3 Å². The van der Waals surface area contributed by atoms with Crippen molar-refractivity contribution in [2.24, 2.45) is 0 Å². The molecule has 2 aliphatic heterocycles. The number of rotatable bonds is 0. The molecule has 8 amide bonds. The second-order valence-electron chi connectivity index (χ2n) is 5.52. The average Bonchev–Trinajstić information content (AvgIpc) is 2.93. The zero-order chi connectivity index (χ0) is 19.3. The number of carbonyl (C=O) groups is 6. The van der Waals surface area contributed by atoms with Crippen LogP contribution in [0.4, 0.5) is 9.59 Å². The molecule has 1 aromatic carbocycles. The Morgan fingerprint density at radius 3 is 1.34 bits per heavy atom. The maximum atomic E-state index is 12.1. The van der Waals surface area contributed by atoms with E-state index in [4.69, 9.17) is 0 Å². The molecule has 2 aliphatic rings. The molecule has 134 valence electrons. The van der Waals surface area contributed by atoms with Gasteiger partial charge in [-0.25, -0.2) is 0 Å². The molecule has 2 fully saturated rings. The molecule has 0 radical (unpaired) electrons. The second kappa shape index (κ2) is 8.61. The van der Waals surface area contributed by atoms with Gasteiger partial charge in [0.15, 0.2) is 35.7 Å². The van der Waals surface area contributed by atoms with Crippen LogP contribution >= 0.6 is 0 Å². The van der Waals surface area contributed by atoms with E-state index in [0.717, 1.165) is 0 Å². The molecule has 0 saturated carbocycles. The quantitative estimate of drug-likeness (QED) is 0.364. The summed E-state index contributed by atoms with van der Waals surface area (Å²) in [5, 5.41) is 10.8. The maximum Gasteiger partial charge on any atom is 1.00 e. The Balaban J connectivity index is 0.00000150. The molecule has 0 unspecified atom stereocenters. The number of hydrogen-bond acceptors (Lipinski definition) is 6. The van der Waals surface area contributed by atoms with E-state index in [9.17, 15) is 28.8 Å². The number of H-pyrrole nitrogens is 1. The van der Waals surface area contributed by atoms with Crippen LogP contribution in [0.1, 0.15) is 0 Å². The van der Waals surface area contributed by atoms with E-state index in [2.05, 4.69) is 15.6 Å². The molecular formula is C16H7N5Na2O6. The summed E-state index contributed by atoms with van der Waals surface area (Å²) in [5.41, 5.74) is -0.899. The van der Waals surface area contributed by atoms with Crippen LogP contribution < -0.4 is 80.4 Å². The SMILES string of the molecule is O=C1[N-]C(=O)/C(=c2\[nH]/c(=C3\C(=O)[N-]C(=O)NC3=O)c3ccccc23)C(=O)N1.[Na+].[Na+]. The van der Waals surface area contributed by atoms with Gasteiger partial charge in [0.25, 0.3) is 0 Å². The van der Waals surface area contributed by atoms with Gasteiger partial charge in [0.1, 0.15) is 0 Å². The third-order valence-corrected chi connectivity index (χ3v) is 3.94. The summed E-state index contributed by atoms with van der Waals surface area (Å²) >= 11 is 0. The molecule has 29 heavy (non-hydrogen) atoms. The number of aromatic nitrogens is 1. The number of urea groups is 2. The number of aromatic amines is 1. The molecule has 3 N–H and O–H groups in total. The van der Waals surface area contributed by atoms with Crippen molar-refractivity contribution < 1.29 is 87.9 Å². The largest absolute Gasteiger partial charge is 1.00 e. The Morgan fingerprint density at radius 2 is 1.00 bits per heavy atom. The topological polar surface area (TPSA) is 170 Å². The fourth-order valence-electron chi connectivity index (χ4n) is 2.88. The first kappa shape index (κ1) is 23.0. The van der Waals surface area contributed by atoms with Crippen molar-refractivity contribution in [2.45, 2.75) is 0 Å². The van der Waals surface area contributed by atoms with Crippen molar-refractivity contribution in [1.82, 2.24) is 15.6 Å². The predicted molar refractivity (Wildman–Crippen MR) is 88.2 cm³/mol. The van der Waals surface area contributed by atoms with E-state index in [-0.39, 0.29) is 69.8 Å². The van der Waals surface area contributed by atoms with Crippen LogP contribution in [0.2, 0.25) is 0 Å². The van der Waals surface area contributed by atoms with Gasteiger partial charge in [-0.15, -0.1) is 0 Å². The average molecular weight is 411 g/mol. The number of fused-ring (bicyclic) bond motifs is 1. The molecule has 2 aromatic rings. The molecule has 0 spiro atoms. The van der Waals surface area contributed by atoms with Crippen molar-refractivity contribution in [1.29, 1.82) is 0 Å². The van der Waals surface area contributed by atoms with E-state index < -0.39 is 46.8 Å². The maximum absolute atomic E-state index is 12.1. The monoisotopic (exact) mass is 411 g/mol. The first-order valence-corrected chi connectivity index (χ1v) is 7.45. The van der Waals surface area contributed by atoms with Crippen LogP contribution in [0.15, 0.2) is 24.3 Å². The molecule has 11 nitrogen and oxygen atoms in total. The van der Waals surface area contributed by atoms with E-state index in [1.807, 2.05) is 10.6 Å². The number of amides is 8. The summed E-state index contributed by atoms with van der Waals surface area (Å²) in [6, 6.07) is 4.14. The fraction of sp³-hybridized carbons (Fsp3) is 0. The summed E-state index contributed by atoms with van der Waals surface area (Å²) in [5.74, 6) is -4.07. The number of benzene rings is 1. The molecule has 2 saturated heterocycles. The van der Waals surface area contributed by atoms with Gasteiger partial charge < -0.3 is 26.3 Å². The Labute approximate surface area is 205 Å². The van der Waals surface area contributed by atoms with Crippen molar-refractivity contribution in [2.75, 3.05) is 0 Å². The fourth-order valence-corrected chi connectivity index (χ4v) is 2.88. The molecule has 4 rings (SSSR count). The molecule has 3 heterocycles. The normalized spacial score (nSPS) is 20.1. The van der Waals surface area contributed by atoms with Crippen LogP contribution in [0, 0.1) is 0 Å². The zero-order valence-electron chi connectivity index (χ0n) is 15.2. The number of carbonyl (C=O) groups excluding carboxylic acids is 6. The van der Waals surface area contributed by atoms with Gasteiger partial charge in [-0.05, 0) is 0 Å². The molecule has 0 aliphatic carbocycles. The van der Waals surface area contributed by atoms with Crippen molar-refractivity contribution >= 4 is 57.6 Å². The van der Waals surface area contributed by atoms with Crippen LogP contribution in [-0.4, -0.2) is 40.7 Å². The zero-order valence-corrected chi connectivity index (χ0v) is 19.2. The summed E-state index contributed by atoms with van der Waals surface area (Å²) < 4.78 is 0. The van der Waals surface area contributed by atoms with Crippen molar-refractivity contribution in [3.8, 4) is 0 Å². The van der Waals surface area contributed by atoms with Gasteiger partial charge in [-0.2, -0.15) is 0 Å². The van der Waals surface area contributed by atoms with E-state index in [1.54, 1.807) is 24.3 Å². The van der Waals surface area contributed by atoms with Crippen molar-refractivity contribution in [3.63, 3.8) is 0 Å². The van der Waals surface area contributed by atoms with Crippen LogP contribution in [-0.2, 0) is 19.2 Å².